The van der Waals surface area contributed by atoms with Crippen LogP contribution in [0.1, 0.15) is 11.6 Å². The summed E-state index contributed by atoms with van der Waals surface area (Å²) < 4.78 is 6.05. The topological polar surface area (TPSA) is 61.3 Å². The highest BCUT2D eigenvalue weighted by Gasteiger charge is 2.08. The molecule has 4 heteroatoms. The average molecular weight is 245 g/mol. The van der Waals surface area contributed by atoms with Gasteiger partial charge in [-0.05, 0) is 23.8 Å². The van der Waals surface area contributed by atoms with Gasteiger partial charge in [0.15, 0.2) is 0 Å². The first-order valence-electron chi connectivity index (χ1n) is 3.98. The zero-order valence-electron chi connectivity index (χ0n) is 7.46. The van der Waals surface area contributed by atoms with Crippen molar-refractivity contribution in [1.29, 1.82) is 0 Å². The van der Waals surface area contributed by atoms with Crippen molar-refractivity contribution in [2.45, 2.75) is 6.04 Å². The second kappa shape index (κ2) is 4.60. The molecule has 0 spiro atoms. The van der Waals surface area contributed by atoms with Gasteiger partial charge in [0.25, 0.3) is 0 Å². The summed E-state index contributed by atoms with van der Waals surface area (Å²) in [4.78, 5) is 0. The lowest BCUT2D eigenvalue weighted by Crippen LogP contribution is -2.21. The van der Waals surface area contributed by atoms with Crippen molar-refractivity contribution < 1.29 is 4.74 Å². The van der Waals surface area contributed by atoms with Crippen molar-refractivity contribution >= 4 is 15.9 Å². The SMILES string of the molecule is COc1ccc(Br)c(C(N)CN)c1. The van der Waals surface area contributed by atoms with Crippen LogP contribution in [-0.4, -0.2) is 13.7 Å². The van der Waals surface area contributed by atoms with Crippen LogP contribution >= 0.6 is 15.9 Å². The summed E-state index contributed by atoms with van der Waals surface area (Å²) in [5.41, 5.74) is 12.3. The predicted octanol–water partition coefficient (Wildman–Crippen LogP) is 1.42. The number of nitrogens with two attached hydrogens (primary N) is 2. The van der Waals surface area contributed by atoms with Gasteiger partial charge in [-0.3, -0.25) is 0 Å². The van der Waals surface area contributed by atoms with E-state index in [4.69, 9.17) is 16.2 Å². The van der Waals surface area contributed by atoms with E-state index in [1.807, 2.05) is 18.2 Å². The van der Waals surface area contributed by atoms with E-state index in [1.54, 1.807) is 7.11 Å². The third-order valence-corrected chi connectivity index (χ3v) is 2.58. The van der Waals surface area contributed by atoms with Gasteiger partial charge in [0.2, 0.25) is 0 Å². The van der Waals surface area contributed by atoms with Crippen LogP contribution < -0.4 is 16.2 Å². The van der Waals surface area contributed by atoms with E-state index in [0.29, 0.717) is 6.54 Å². The Hall–Kier alpha value is -0.580. The lowest BCUT2D eigenvalue weighted by Gasteiger charge is -2.12. The summed E-state index contributed by atoms with van der Waals surface area (Å²) in [5.74, 6) is 0.794. The molecule has 0 aliphatic heterocycles. The number of rotatable bonds is 3. The first-order chi connectivity index (χ1) is 6.19. The smallest absolute Gasteiger partial charge is 0.119 e. The lowest BCUT2D eigenvalue weighted by atomic mass is 10.1. The van der Waals surface area contributed by atoms with Gasteiger partial charge in [0.1, 0.15) is 5.75 Å². The highest BCUT2D eigenvalue weighted by atomic mass is 79.9. The standard InChI is InChI=1S/C9H13BrN2O/c1-13-6-2-3-8(10)7(4-6)9(12)5-11/h2-4,9H,5,11-12H2,1H3. The van der Waals surface area contributed by atoms with E-state index in [0.717, 1.165) is 15.8 Å². The fraction of sp³-hybridized carbons (Fsp3) is 0.333. The van der Waals surface area contributed by atoms with Crippen LogP contribution in [0.25, 0.3) is 0 Å². The molecule has 0 heterocycles. The molecule has 1 unspecified atom stereocenters. The second-order valence-electron chi connectivity index (χ2n) is 2.73. The molecule has 72 valence electrons. The Kier molecular flexibility index (Phi) is 3.71. The summed E-state index contributed by atoms with van der Waals surface area (Å²) in [6.45, 7) is 0.422. The zero-order valence-corrected chi connectivity index (χ0v) is 9.04. The van der Waals surface area contributed by atoms with Crippen molar-refractivity contribution in [3.8, 4) is 5.75 Å². The molecule has 4 N–H and O–H groups in total. The third kappa shape index (κ3) is 2.43. The van der Waals surface area contributed by atoms with Crippen molar-refractivity contribution in [2.75, 3.05) is 13.7 Å². The fourth-order valence-electron chi connectivity index (χ4n) is 1.06. The molecule has 1 atom stereocenters. The molecule has 1 aromatic rings. The molecule has 0 radical (unpaired) electrons. The van der Waals surface area contributed by atoms with Crippen LogP contribution in [0.4, 0.5) is 0 Å². The van der Waals surface area contributed by atoms with Crippen molar-refractivity contribution in [3.05, 3.63) is 28.2 Å². The summed E-state index contributed by atoms with van der Waals surface area (Å²) in [6, 6.07) is 5.52. The molecule has 0 aliphatic rings. The van der Waals surface area contributed by atoms with Gasteiger partial charge in [0, 0.05) is 17.1 Å². The molecule has 0 aromatic heterocycles. The molecule has 1 aromatic carbocycles. The van der Waals surface area contributed by atoms with Crippen molar-refractivity contribution in [1.82, 2.24) is 0 Å². The quantitative estimate of drug-likeness (QED) is 0.846. The molecular weight excluding hydrogens is 232 g/mol. The van der Waals surface area contributed by atoms with Gasteiger partial charge < -0.3 is 16.2 Å². The van der Waals surface area contributed by atoms with Crippen LogP contribution in [0, 0.1) is 0 Å². The van der Waals surface area contributed by atoms with E-state index in [2.05, 4.69) is 15.9 Å². The summed E-state index contributed by atoms with van der Waals surface area (Å²) in [5, 5.41) is 0. The normalized spacial score (nSPS) is 12.6. The van der Waals surface area contributed by atoms with E-state index in [1.165, 1.54) is 0 Å². The van der Waals surface area contributed by atoms with Crippen LogP contribution in [0.3, 0.4) is 0 Å². The summed E-state index contributed by atoms with van der Waals surface area (Å²) in [7, 11) is 1.63. The minimum absolute atomic E-state index is 0.149. The minimum atomic E-state index is -0.149. The Labute approximate surface area is 86.2 Å². The maximum atomic E-state index is 5.81. The molecule has 13 heavy (non-hydrogen) atoms. The third-order valence-electron chi connectivity index (χ3n) is 1.86. The fourth-order valence-corrected chi connectivity index (χ4v) is 1.60. The molecule has 0 amide bonds. The number of ether oxygens (including phenoxy) is 1. The molecule has 0 saturated carbocycles. The van der Waals surface area contributed by atoms with Gasteiger partial charge in [-0.1, -0.05) is 15.9 Å². The monoisotopic (exact) mass is 244 g/mol. The van der Waals surface area contributed by atoms with Crippen molar-refractivity contribution in [3.63, 3.8) is 0 Å². The molecule has 0 bridgehead atoms. The van der Waals surface area contributed by atoms with Crippen LogP contribution in [0.2, 0.25) is 0 Å². The first-order valence-corrected chi connectivity index (χ1v) is 4.77. The molecule has 0 fully saturated rings. The van der Waals surface area contributed by atoms with Gasteiger partial charge >= 0.3 is 0 Å². The molecule has 0 aliphatic carbocycles. The number of hydrogen-bond donors (Lipinski definition) is 2. The maximum absolute atomic E-state index is 5.81. The Morgan fingerprint density at radius 3 is 2.77 bits per heavy atom. The van der Waals surface area contributed by atoms with E-state index in [-0.39, 0.29) is 6.04 Å². The number of benzene rings is 1. The summed E-state index contributed by atoms with van der Waals surface area (Å²) >= 11 is 3.41. The molecule has 3 nitrogen and oxygen atoms in total. The van der Waals surface area contributed by atoms with Gasteiger partial charge in [-0.2, -0.15) is 0 Å². The molecular formula is C9H13BrN2O. The highest BCUT2D eigenvalue weighted by molar-refractivity contribution is 9.10. The highest BCUT2D eigenvalue weighted by Crippen LogP contribution is 2.26. The Morgan fingerprint density at radius 2 is 2.23 bits per heavy atom. The first kappa shape index (κ1) is 10.5. The van der Waals surface area contributed by atoms with Crippen LogP contribution in [0.5, 0.6) is 5.75 Å². The van der Waals surface area contributed by atoms with E-state index in [9.17, 15) is 0 Å². The number of methoxy groups -OCH3 is 1. The van der Waals surface area contributed by atoms with Crippen LogP contribution in [0.15, 0.2) is 22.7 Å². The van der Waals surface area contributed by atoms with E-state index >= 15 is 0 Å². The molecule has 0 saturated heterocycles. The Balaban J connectivity index is 3.03. The Morgan fingerprint density at radius 1 is 1.54 bits per heavy atom. The molecule has 1 rings (SSSR count). The van der Waals surface area contributed by atoms with Gasteiger partial charge in [-0.25, -0.2) is 0 Å². The van der Waals surface area contributed by atoms with Crippen molar-refractivity contribution in [2.24, 2.45) is 11.5 Å². The van der Waals surface area contributed by atoms with Gasteiger partial charge in [-0.15, -0.1) is 0 Å². The average Bonchev–Trinajstić information content (AvgIpc) is 2.17. The zero-order chi connectivity index (χ0) is 9.84. The predicted molar refractivity (Wildman–Crippen MR) is 56.7 cm³/mol. The maximum Gasteiger partial charge on any atom is 0.119 e. The van der Waals surface area contributed by atoms with Gasteiger partial charge in [0.05, 0.1) is 7.11 Å². The summed E-state index contributed by atoms with van der Waals surface area (Å²) in [6.07, 6.45) is 0. The van der Waals surface area contributed by atoms with Crippen LogP contribution in [-0.2, 0) is 0 Å². The number of halogens is 1. The lowest BCUT2D eigenvalue weighted by molar-refractivity contribution is 0.413. The minimum Gasteiger partial charge on any atom is -0.497 e. The largest absolute Gasteiger partial charge is 0.497 e. The van der Waals surface area contributed by atoms with E-state index < -0.39 is 0 Å². The second-order valence-corrected chi connectivity index (χ2v) is 3.58. The Bertz CT molecular complexity index is 291. The number of hydrogen-bond acceptors (Lipinski definition) is 3.